The molecule has 1 unspecified atom stereocenters. The highest BCUT2D eigenvalue weighted by Crippen LogP contribution is 2.11. The van der Waals surface area contributed by atoms with Crippen LogP contribution in [-0.4, -0.2) is 18.6 Å². The van der Waals surface area contributed by atoms with Crippen LogP contribution in [0.3, 0.4) is 0 Å². The molecule has 3 N–H and O–H groups in total. The molecule has 1 atom stereocenters. The molecule has 0 radical (unpaired) electrons. The standard InChI is InChI=1S/C13H18N2/c1-3-9-15-13(2,11-14)10-12-7-5-4-6-8-12/h1,4-8,15H,9-11,14H2,2H3. The number of benzene rings is 1. The van der Waals surface area contributed by atoms with Gasteiger partial charge in [-0.15, -0.1) is 6.42 Å². The smallest absolute Gasteiger partial charge is 0.0578 e. The molecular formula is C13H18N2. The van der Waals surface area contributed by atoms with Crippen molar-refractivity contribution in [2.75, 3.05) is 13.1 Å². The van der Waals surface area contributed by atoms with Crippen LogP contribution in [0, 0.1) is 12.3 Å². The van der Waals surface area contributed by atoms with Crippen molar-refractivity contribution < 1.29 is 0 Å². The first-order chi connectivity index (χ1) is 7.20. The average molecular weight is 202 g/mol. The fourth-order valence-corrected chi connectivity index (χ4v) is 1.52. The van der Waals surface area contributed by atoms with E-state index in [1.165, 1.54) is 5.56 Å². The van der Waals surface area contributed by atoms with E-state index in [0.29, 0.717) is 13.1 Å². The van der Waals surface area contributed by atoms with Gasteiger partial charge in [0.05, 0.1) is 6.54 Å². The second kappa shape index (κ2) is 5.55. The Bertz CT molecular complexity index is 326. The first-order valence-electron chi connectivity index (χ1n) is 5.13. The molecule has 0 aliphatic rings. The molecule has 80 valence electrons. The maximum Gasteiger partial charge on any atom is 0.0578 e. The van der Waals surface area contributed by atoms with Crippen LogP contribution in [-0.2, 0) is 6.42 Å². The van der Waals surface area contributed by atoms with Crippen LogP contribution >= 0.6 is 0 Å². The number of rotatable bonds is 5. The molecule has 0 bridgehead atoms. The lowest BCUT2D eigenvalue weighted by molar-refractivity contribution is 0.380. The van der Waals surface area contributed by atoms with Crippen LogP contribution in [0.1, 0.15) is 12.5 Å². The van der Waals surface area contributed by atoms with Gasteiger partial charge in [0, 0.05) is 12.1 Å². The van der Waals surface area contributed by atoms with Gasteiger partial charge in [0.2, 0.25) is 0 Å². The van der Waals surface area contributed by atoms with Crippen LogP contribution in [0.5, 0.6) is 0 Å². The molecule has 2 nitrogen and oxygen atoms in total. The van der Waals surface area contributed by atoms with E-state index in [-0.39, 0.29) is 5.54 Å². The van der Waals surface area contributed by atoms with E-state index in [1.807, 2.05) is 18.2 Å². The molecule has 0 heterocycles. The summed E-state index contributed by atoms with van der Waals surface area (Å²) in [6.45, 7) is 3.22. The third-order valence-electron chi connectivity index (χ3n) is 2.50. The van der Waals surface area contributed by atoms with E-state index in [0.717, 1.165) is 6.42 Å². The van der Waals surface area contributed by atoms with Crippen LogP contribution < -0.4 is 11.1 Å². The molecule has 0 aliphatic heterocycles. The molecule has 0 amide bonds. The number of hydrogen-bond acceptors (Lipinski definition) is 2. The molecule has 0 saturated heterocycles. The van der Waals surface area contributed by atoms with Crippen molar-refractivity contribution in [3.05, 3.63) is 35.9 Å². The van der Waals surface area contributed by atoms with Gasteiger partial charge in [-0.3, -0.25) is 5.32 Å². The fourth-order valence-electron chi connectivity index (χ4n) is 1.52. The Morgan fingerprint density at radius 3 is 2.60 bits per heavy atom. The Morgan fingerprint density at radius 1 is 1.40 bits per heavy atom. The lowest BCUT2D eigenvalue weighted by Gasteiger charge is -2.28. The summed E-state index contributed by atoms with van der Waals surface area (Å²) in [6, 6.07) is 10.3. The average Bonchev–Trinajstić information content (AvgIpc) is 2.28. The van der Waals surface area contributed by atoms with Crippen LogP contribution in [0.25, 0.3) is 0 Å². The largest absolute Gasteiger partial charge is 0.329 e. The monoisotopic (exact) mass is 202 g/mol. The third kappa shape index (κ3) is 3.75. The maximum atomic E-state index is 5.76. The van der Waals surface area contributed by atoms with Crippen molar-refractivity contribution in [3.8, 4) is 12.3 Å². The molecule has 1 aromatic carbocycles. The van der Waals surface area contributed by atoms with Crippen molar-refractivity contribution in [2.24, 2.45) is 5.73 Å². The van der Waals surface area contributed by atoms with E-state index in [1.54, 1.807) is 0 Å². The Labute approximate surface area is 91.9 Å². The zero-order valence-electron chi connectivity index (χ0n) is 9.16. The molecule has 0 aliphatic carbocycles. The Morgan fingerprint density at radius 2 is 2.07 bits per heavy atom. The van der Waals surface area contributed by atoms with E-state index < -0.39 is 0 Å². The van der Waals surface area contributed by atoms with Gasteiger partial charge in [0.25, 0.3) is 0 Å². The van der Waals surface area contributed by atoms with Gasteiger partial charge in [-0.1, -0.05) is 36.3 Å². The summed E-state index contributed by atoms with van der Waals surface area (Å²) in [7, 11) is 0. The lowest BCUT2D eigenvalue weighted by atomic mass is 9.93. The summed E-state index contributed by atoms with van der Waals surface area (Å²) in [4.78, 5) is 0. The van der Waals surface area contributed by atoms with E-state index in [4.69, 9.17) is 12.2 Å². The summed E-state index contributed by atoms with van der Waals surface area (Å²) in [5, 5.41) is 3.28. The van der Waals surface area contributed by atoms with Crippen molar-refractivity contribution >= 4 is 0 Å². The molecule has 0 fully saturated rings. The molecule has 0 saturated carbocycles. The zero-order chi connectivity index (χ0) is 11.1. The summed E-state index contributed by atoms with van der Waals surface area (Å²) in [6.07, 6.45) is 6.13. The van der Waals surface area contributed by atoms with Crippen molar-refractivity contribution in [1.29, 1.82) is 0 Å². The third-order valence-corrected chi connectivity index (χ3v) is 2.50. The first kappa shape index (κ1) is 11.8. The molecule has 1 aromatic rings. The second-order valence-corrected chi connectivity index (χ2v) is 3.98. The van der Waals surface area contributed by atoms with Crippen LogP contribution in [0.15, 0.2) is 30.3 Å². The topological polar surface area (TPSA) is 38.0 Å². The van der Waals surface area contributed by atoms with E-state index in [2.05, 4.69) is 30.3 Å². The summed E-state index contributed by atoms with van der Waals surface area (Å²) >= 11 is 0. The van der Waals surface area contributed by atoms with Gasteiger partial charge < -0.3 is 5.73 Å². The summed E-state index contributed by atoms with van der Waals surface area (Å²) < 4.78 is 0. The van der Waals surface area contributed by atoms with Gasteiger partial charge in [-0.05, 0) is 18.9 Å². The van der Waals surface area contributed by atoms with Crippen molar-refractivity contribution in [1.82, 2.24) is 5.32 Å². The first-order valence-corrected chi connectivity index (χ1v) is 5.13. The molecule has 1 rings (SSSR count). The highest BCUT2D eigenvalue weighted by Gasteiger charge is 2.21. The minimum absolute atomic E-state index is 0.117. The number of terminal acetylenes is 1. The fraction of sp³-hybridized carbons (Fsp3) is 0.385. The maximum absolute atomic E-state index is 5.76. The number of hydrogen-bond donors (Lipinski definition) is 2. The molecule has 15 heavy (non-hydrogen) atoms. The predicted molar refractivity (Wildman–Crippen MR) is 64.4 cm³/mol. The Hall–Kier alpha value is -1.30. The highest BCUT2D eigenvalue weighted by atomic mass is 15.0. The quantitative estimate of drug-likeness (QED) is 0.703. The molecular weight excluding hydrogens is 184 g/mol. The van der Waals surface area contributed by atoms with Gasteiger partial charge >= 0.3 is 0 Å². The lowest BCUT2D eigenvalue weighted by Crippen LogP contribution is -2.50. The normalized spacial score (nSPS) is 14.2. The summed E-state index contributed by atoms with van der Waals surface area (Å²) in [5.74, 6) is 2.58. The summed E-state index contributed by atoms with van der Waals surface area (Å²) in [5.41, 5.74) is 6.92. The number of nitrogens with two attached hydrogens (primary N) is 1. The molecule has 0 aromatic heterocycles. The van der Waals surface area contributed by atoms with Crippen LogP contribution in [0.2, 0.25) is 0 Å². The molecule has 2 heteroatoms. The Balaban J connectivity index is 2.64. The molecule has 0 spiro atoms. The van der Waals surface area contributed by atoms with Gasteiger partial charge in [-0.25, -0.2) is 0 Å². The second-order valence-electron chi connectivity index (χ2n) is 3.98. The predicted octanol–water partition coefficient (Wildman–Crippen LogP) is 1.17. The highest BCUT2D eigenvalue weighted by molar-refractivity contribution is 5.18. The van der Waals surface area contributed by atoms with Crippen molar-refractivity contribution in [3.63, 3.8) is 0 Å². The van der Waals surface area contributed by atoms with Crippen LogP contribution in [0.4, 0.5) is 0 Å². The SMILES string of the molecule is C#CCNC(C)(CN)Cc1ccccc1. The number of nitrogens with one attached hydrogen (secondary N) is 1. The van der Waals surface area contributed by atoms with Gasteiger partial charge in [0.15, 0.2) is 0 Å². The van der Waals surface area contributed by atoms with Crippen molar-refractivity contribution in [2.45, 2.75) is 18.9 Å². The minimum Gasteiger partial charge on any atom is -0.329 e. The van der Waals surface area contributed by atoms with Gasteiger partial charge in [0.1, 0.15) is 0 Å². The minimum atomic E-state index is -0.117. The van der Waals surface area contributed by atoms with Gasteiger partial charge in [-0.2, -0.15) is 0 Å². The zero-order valence-corrected chi connectivity index (χ0v) is 9.16. The Kier molecular flexibility index (Phi) is 4.36. The van der Waals surface area contributed by atoms with E-state index in [9.17, 15) is 0 Å². The van der Waals surface area contributed by atoms with E-state index >= 15 is 0 Å².